The van der Waals surface area contributed by atoms with Gasteiger partial charge < -0.3 is 4.90 Å². The Kier molecular flexibility index (Phi) is 5.29. The average Bonchev–Trinajstić information content (AvgIpc) is 2.34. The second-order valence-corrected chi connectivity index (χ2v) is 4.00. The molecule has 2 heteroatoms. The molecule has 90 valence electrons. The molecule has 0 radical (unpaired) electrons. The van der Waals surface area contributed by atoms with Crippen LogP contribution in [0.2, 0.25) is 0 Å². The topological polar surface area (TPSA) is 20.3 Å². The minimum Gasteiger partial charge on any atom is -0.315 e. The molecule has 0 atom stereocenters. The summed E-state index contributed by atoms with van der Waals surface area (Å²) in [5.74, 6) is 6.31. The van der Waals surface area contributed by atoms with Crippen LogP contribution in [-0.2, 0) is 4.79 Å². The average molecular weight is 229 g/mol. The molecule has 1 amide bonds. The fourth-order valence-electron chi connectivity index (χ4n) is 1.46. The van der Waals surface area contributed by atoms with Crippen LogP contribution in [0.4, 0.5) is 5.69 Å². The number of rotatable bonds is 3. The maximum atomic E-state index is 11.4. The first kappa shape index (κ1) is 13.3. The van der Waals surface area contributed by atoms with Crippen LogP contribution in [0.1, 0.15) is 38.7 Å². The summed E-state index contributed by atoms with van der Waals surface area (Å²) >= 11 is 0. The lowest BCUT2D eigenvalue weighted by Crippen LogP contribution is -2.23. The Morgan fingerprint density at radius 3 is 2.71 bits per heavy atom. The molecule has 2 nitrogen and oxygen atoms in total. The van der Waals surface area contributed by atoms with E-state index >= 15 is 0 Å². The van der Waals surface area contributed by atoms with Gasteiger partial charge in [0.1, 0.15) is 0 Å². The third kappa shape index (κ3) is 3.96. The molecular weight excluding hydrogens is 210 g/mol. The van der Waals surface area contributed by atoms with Gasteiger partial charge >= 0.3 is 0 Å². The van der Waals surface area contributed by atoms with E-state index in [0.29, 0.717) is 0 Å². The third-order valence-electron chi connectivity index (χ3n) is 2.62. The largest absolute Gasteiger partial charge is 0.315 e. The molecule has 0 aliphatic carbocycles. The fraction of sp³-hybridized carbons (Fsp3) is 0.400. The van der Waals surface area contributed by atoms with Crippen molar-refractivity contribution in [2.24, 2.45) is 0 Å². The zero-order valence-electron chi connectivity index (χ0n) is 10.8. The van der Waals surface area contributed by atoms with Crippen molar-refractivity contribution < 1.29 is 4.79 Å². The maximum absolute atomic E-state index is 11.4. The lowest BCUT2D eigenvalue weighted by Gasteiger charge is -2.16. The van der Waals surface area contributed by atoms with Gasteiger partial charge in [-0.15, -0.1) is 0 Å². The van der Waals surface area contributed by atoms with E-state index in [1.54, 1.807) is 18.9 Å². The van der Waals surface area contributed by atoms with Gasteiger partial charge in [-0.05, 0) is 18.6 Å². The molecule has 1 aromatic carbocycles. The molecule has 0 aromatic heterocycles. The number of hydrogen-bond acceptors (Lipinski definition) is 1. The van der Waals surface area contributed by atoms with Crippen LogP contribution in [0.3, 0.4) is 0 Å². The van der Waals surface area contributed by atoms with Crippen LogP contribution >= 0.6 is 0 Å². The minimum atomic E-state index is 0.0211. The number of anilines is 1. The number of benzene rings is 1. The van der Waals surface area contributed by atoms with E-state index in [2.05, 4.69) is 18.8 Å². The summed E-state index contributed by atoms with van der Waals surface area (Å²) in [6.45, 7) is 3.71. The van der Waals surface area contributed by atoms with E-state index < -0.39 is 0 Å². The monoisotopic (exact) mass is 229 g/mol. The Balaban J connectivity index is 2.90. The first-order chi connectivity index (χ1) is 8.16. The number of carbonyl (C=O) groups is 1. The third-order valence-corrected chi connectivity index (χ3v) is 2.62. The van der Waals surface area contributed by atoms with Crippen LogP contribution in [-0.4, -0.2) is 13.0 Å². The van der Waals surface area contributed by atoms with Gasteiger partial charge in [-0.25, -0.2) is 0 Å². The number of nitrogens with zero attached hydrogens (tertiary/aromatic N) is 1. The zero-order chi connectivity index (χ0) is 12.7. The van der Waals surface area contributed by atoms with Crippen LogP contribution in [0, 0.1) is 11.8 Å². The molecule has 0 spiro atoms. The highest BCUT2D eigenvalue weighted by Gasteiger charge is 2.08. The van der Waals surface area contributed by atoms with Crippen LogP contribution in [0.5, 0.6) is 0 Å². The Hall–Kier alpha value is -1.75. The molecule has 0 aliphatic heterocycles. The van der Waals surface area contributed by atoms with Crippen molar-refractivity contribution in [2.45, 2.75) is 33.1 Å². The van der Waals surface area contributed by atoms with Crippen molar-refractivity contribution in [2.75, 3.05) is 11.9 Å². The van der Waals surface area contributed by atoms with Crippen molar-refractivity contribution in [3.63, 3.8) is 0 Å². The first-order valence-electron chi connectivity index (χ1n) is 5.99. The zero-order valence-corrected chi connectivity index (χ0v) is 10.8. The summed E-state index contributed by atoms with van der Waals surface area (Å²) in [7, 11) is 1.77. The summed E-state index contributed by atoms with van der Waals surface area (Å²) < 4.78 is 0. The van der Waals surface area contributed by atoms with Crippen LogP contribution in [0.25, 0.3) is 0 Å². The molecule has 0 N–H and O–H groups in total. The lowest BCUT2D eigenvalue weighted by atomic mass is 10.1. The Labute approximate surface area is 104 Å². The molecule has 17 heavy (non-hydrogen) atoms. The van der Waals surface area contributed by atoms with E-state index in [9.17, 15) is 4.79 Å². The van der Waals surface area contributed by atoms with E-state index in [4.69, 9.17) is 0 Å². The van der Waals surface area contributed by atoms with Crippen LogP contribution < -0.4 is 4.90 Å². The predicted octanol–water partition coefficient (Wildman–Crippen LogP) is 3.21. The molecule has 1 aromatic rings. The molecule has 0 heterocycles. The van der Waals surface area contributed by atoms with Crippen molar-refractivity contribution in [1.29, 1.82) is 0 Å². The quantitative estimate of drug-likeness (QED) is 0.575. The second kappa shape index (κ2) is 6.75. The molecular formula is C15H19NO. The Bertz CT molecular complexity index is 440. The summed E-state index contributed by atoms with van der Waals surface area (Å²) in [6.07, 6.45) is 3.19. The van der Waals surface area contributed by atoms with Gasteiger partial charge in [-0.2, -0.15) is 0 Å². The van der Waals surface area contributed by atoms with Gasteiger partial charge in [0, 0.05) is 26.0 Å². The van der Waals surface area contributed by atoms with E-state index in [1.165, 1.54) is 0 Å². The summed E-state index contributed by atoms with van der Waals surface area (Å²) in [5.41, 5.74) is 1.80. The molecule has 0 saturated heterocycles. The molecule has 0 aliphatic rings. The Morgan fingerprint density at radius 1 is 1.35 bits per heavy atom. The number of carbonyl (C=O) groups excluding carboxylic acids is 1. The van der Waals surface area contributed by atoms with E-state index in [1.807, 2.05) is 24.3 Å². The highest BCUT2D eigenvalue weighted by molar-refractivity contribution is 5.92. The van der Waals surface area contributed by atoms with E-state index in [0.717, 1.165) is 30.5 Å². The van der Waals surface area contributed by atoms with Gasteiger partial charge in [-0.3, -0.25) is 4.79 Å². The standard InChI is InChI=1S/C15H19NO/c1-4-5-6-7-10-14-11-8-9-12-15(14)16(3)13(2)17/h8-9,11-12H,4-6H2,1-3H3. The fourth-order valence-corrected chi connectivity index (χ4v) is 1.46. The Morgan fingerprint density at radius 2 is 2.06 bits per heavy atom. The predicted molar refractivity (Wildman–Crippen MR) is 71.9 cm³/mol. The lowest BCUT2D eigenvalue weighted by molar-refractivity contribution is -0.116. The molecule has 0 bridgehead atoms. The SMILES string of the molecule is CCCCC#Cc1ccccc1N(C)C(C)=O. The van der Waals surface area contributed by atoms with Crippen molar-refractivity contribution in [3.8, 4) is 11.8 Å². The molecule has 0 fully saturated rings. The van der Waals surface area contributed by atoms with Crippen molar-refractivity contribution >= 4 is 11.6 Å². The normalized spacial score (nSPS) is 9.35. The molecule has 0 unspecified atom stereocenters. The van der Waals surface area contributed by atoms with E-state index in [-0.39, 0.29) is 5.91 Å². The first-order valence-corrected chi connectivity index (χ1v) is 5.99. The second-order valence-electron chi connectivity index (χ2n) is 4.00. The smallest absolute Gasteiger partial charge is 0.223 e. The molecule has 0 saturated carbocycles. The van der Waals surface area contributed by atoms with Gasteiger partial charge in [0.2, 0.25) is 5.91 Å². The summed E-state index contributed by atoms with van der Waals surface area (Å²) in [6, 6.07) is 7.74. The maximum Gasteiger partial charge on any atom is 0.223 e. The van der Waals surface area contributed by atoms with Gasteiger partial charge in [0.05, 0.1) is 5.69 Å². The van der Waals surface area contributed by atoms with Crippen LogP contribution in [0.15, 0.2) is 24.3 Å². The van der Waals surface area contributed by atoms with Gasteiger partial charge in [0.15, 0.2) is 0 Å². The summed E-state index contributed by atoms with van der Waals surface area (Å²) in [4.78, 5) is 13.0. The number of para-hydroxylation sites is 1. The highest BCUT2D eigenvalue weighted by atomic mass is 16.2. The molecule has 1 rings (SSSR count). The minimum absolute atomic E-state index is 0.0211. The number of amides is 1. The van der Waals surface area contributed by atoms with Gasteiger partial charge in [-0.1, -0.05) is 37.3 Å². The van der Waals surface area contributed by atoms with Crippen molar-refractivity contribution in [3.05, 3.63) is 29.8 Å². The highest BCUT2D eigenvalue weighted by Crippen LogP contribution is 2.18. The number of hydrogen-bond donors (Lipinski definition) is 0. The number of unbranched alkanes of at least 4 members (excludes halogenated alkanes) is 2. The summed E-state index contributed by atoms with van der Waals surface area (Å²) in [5, 5.41) is 0. The van der Waals surface area contributed by atoms with Gasteiger partial charge in [0.25, 0.3) is 0 Å². The van der Waals surface area contributed by atoms with Crippen molar-refractivity contribution in [1.82, 2.24) is 0 Å².